The van der Waals surface area contributed by atoms with Crippen molar-refractivity contribution in [3.63, 3.8) is 0 Å². The molecule has 4 N–H and O–H groups in total. The quantitative estimate of drug-likeness (QED) is 0.749. The first-order valence-electron chi connectivity index (χ1n) is 5.15. The van der Waals surface area contributed by atoms with Crippen LogP contribution in [0.5, 0.6) is 0 Å². The second-order valence-electron chi connectivity index (χ2n) is 3.75. The number of hydrogen-bond acceptors (Lipinski definition) is 5. The van der Waals surface area contributed by atoms with Crippen molar-refractivity contribution in [1.29, 1.82) is 0 Å². The highest BCUT2D eigenvalue weighted by Gasteiger charge is 2.13. The Morgan fingerprint density at radius 1 is 1.71 bits per heavy atom. The molecule has 2 heterocycles. The topological polar surface area (TPSA) is 96.7 Å². The van der Waals surface area contributed by atoms with Crippen molar-refractivity contribution in [3.8, 4) is 0 Å². The van der Waals surface area contributed by atoms with Crippen LogP contribution in [0.25, 0.3) is 0 Å². The Bertz CT molecular complexity index is 493. The first kappa shape index (κ1) is 11.6. The van der Waals surface area contributed by atoms with E-state index in [-0.39, 0.29) is 23.7 Å². The van der Waals surface area contributed by atoms with Crippen molar-refractivity contribution in [1.82, 2.24) is 20.5 Å². The first-order chi connectivity index (χ1) is 8.15. The van der Waals surface area contributed by atoms with Crippen LogP contribution in [0.1, 0.15) is 23.1 Å². The van der Waals surface area contributed by atoms with Crippen LogP contribution >= 0.6 is 11.3 Å². The van der Waals surface area contributed by atoms with E-state index in [2.05, 4.69) is 25.9 Å². The molecule has 0 bridgehead atoms. The summed E-state index contributed by atoms with van der Waals surface area (Å²) >= 11 is 1.64. The number of rotatable bonds is 4. The number of anilines is 1. The lowest BCUT2D eigenvalue weighted by molar-refractivity contribution is 0.0930. The molecule has 1 unspecified atom stereocenters. The molecule has 6 nitrogen and oxygen atoms in total. The van der Waals surface area contributed by atoms with Gasteiger partial charge < -0.3 is 11.1 Å². The Kier molecular flexibility index (Phi) is 3.38. The molecule has 1 atom stereocenters. The third-order valence-corrected chi connectivity index (χ3v) is 2.95. The van der Waals surface area contributed by atoms with Gasteiger partial charge in [-0.1, -0.05) is 0 Å². The fourth-order valence-electron chi connectivity index (χ4n) is 1.48. The van der Waals surface area contributed by atoms with Crippen molar-refractivity contribution < 1.29 is 4.79 Å². The zero-order valence-corrected chi connectivity index (χ0v) is 10.1. The minimum Gasteiger partial charge on any atom is -0.366 e. The Hall–Kier alpha value is -1.89. The molecule has 2 aromatic heterocycles. The summed E-state index contributed by atoms with van der Waals surface area (Å²) in [6.45, 7) is 1.94. The number of thiophene rings is 1. The Labute approximate surface area is 102 Å². The van der Waals surface area contributed by atoms with Gasteiger partial charge in [0.25, 0.3) is 5.91 Å². The number of nitrogens with zero attached hydrogens (tertiary/aromatic N) is 2. The molecular formula is C10H13N5OS. The number of hydrogen-bond donors (Lipinski definition) is 3. The lowest BCUT2D eigenvalue weighted by Crippen LogP contribution is -2.34. The maximum absolute atomic E-state index is 11.7. The Morgan fingerprint density at radius 3 is 3.12 bits per heavy atom. The molecule has 17 heavy (non-hydrogen) atoms. The number of nitrogens with two attached hydrogens (primary N) is 1. The van der Waals surface area contributed by atoms with Crippen LogP contribution in [0.4, 0.5) is 5.95 Å². The van der Waals surface area contributed by atoms with Gasteiger partial charge in [0.2, 0.25) is 11.8 Å². The summed E-state index contributed by atoms with van der Waals surface area (Å²) in [5, 5.41) is 13.0. The Morgan fingerprint density at radius 2 is 2.53 bits per heavy atom. The number of carbonyl (C=O) groups excluding carboxylic acids is 1. The van der Waals surface area contributed by atoms with Gasteiger partial charge in [0, 0.05) is 6.04 Å². The lowest BCUT2D eigenvalue weighted by Gasteiger charge is -2.11. The summed E-state index contributed by atoms with van der Waals surface area (Å²) in [6.07, 6.45) is 0.791. The van der Waals surface area contributed by atoms with Crippen molar-refractivity contribution >= 4 is 23.2 Å². The van der Waals surface area contributed by atoms with Crippen LogP contribution in [0, 0.1) is 0 Å². The zero-order valence-electron chi connectivity index (χ0n) is 9.30. The summed E-state index contributed by atoms with van der Waals surface area (Å²) < 4.78 is 0. The average molecular weight is 251 g/mol. The van der Waals surface area contributed by atoms with Gasteiger partial charge in [0.05, 0.1) is 0 Å². The second-order valence-corrected chi connectivity index (χ2v) is 4.53. The van der Waals surface area contributed by atoms with Gasteiger partial charge in [-0.05, 0) is 35.7 Å². The van der Waals surface area contributed by atoms with Gasteiger partial charge in [-0.15, -0.1) is 5.10 Å². The van der Waals surface area contributed by atoms with Crippen molar-refractivity contribution in [2.24, 2.45) is 0 Å². The normalized spacial score (nSPS) is 12.3. The van der Waals surface area contributed by atoms with E-state index in [4.69, 9.17) is 5.73 Å². The van der Waals surface area contributed by atoms with E-state index in [9.17, 15) is 4.79 Å². The molecule has 7 heteroatoms. The number of nitrogen functional groups attached to an aromatic ring is 1. The number of amides is 1. The number of nitrogens with one attached hydrogen (secondary N) is 2. The molecule has 0 fully saturated rings. The van der Waals surface area contributed by atoms with Crippen molar-refractivity contribution in [3.05, 3.63) is 28.2 Å². The average Bonchev–Trinajstić information content (AvgIpc) is 2.89. The van der Waals surface area contributed by atoms with Gasteiger partial charge in [0.1, 0.15) is 0 Å². The van der Waals surface area contributed by atoms with E-state index in [1.165, 1.54) is 5.56 Å². The fraction of sp³-hybridized carbons (Fsp3) is 0.300. The molecule has 0 spiro atoms. The van der Waals surface area contributed by atoms with Gasteiger partial charge >= 0.3 is 0 Å². The van der Waals surface area contributed by atoms with Crippen LogP contribution in [0.2, 0.25) is 0 Å². The van der Waals surface area contributed by atoms with E-state index in [1.807, 2.05) is 18.4 Å². The van der Waals surface area contributed by atoms with Crippen LogP contribution in [-0.4, -0.2) is 27.1 Å². The molecule has 2 aromatic rings. The highest BCUT2D eigenvalue weighted by atomic mass is 32.1. The Balaban J connectivity index is 1.90. The number of aromatic amines is 1. The van der Waals surface area contributed by atoms with Gasteiger partial charge in [0.15, 0.2) is 0 Å². The lowest BCUT2D eigenvalue weighted by atomic mass is 10.1. The second kappa shape index (κ2) is 4.96. The molecule has 1 amide bonds. The highest BCUT2D eigenvalue weighted by Crippen LogP contribution is 2.08. The molecule has 0 saturated heterocycles. The molecule has 0 aliphatic rings. The highest BCUT2D eigenvalue weighted by molar-refractivity contribution is 7.07. The van der Waals surface area contributed by atoms with Crippen LogP contribution < -0.4 is 11.1 Å². The standard InChI is InChI=1S/C10H13N5OS/c1-6(4-7-2-3-17-5-7)12-9(16)8-13-10(11)15-14-8/h2-3,5-6H,4H2,1H3,(H,12,16)(H3,11,13,14,15). The smallest absolute Gasteiger partial charge is 0.288 e. The summed E-state index contributed by atoms with van der Waals surface area (Å²) in [5.74, 6) is -0.0859. The molecule has 0 saturated carbocycles. The van der Waals surface area contributed by atoms with Gasteiger partial charge in [-0.2, -0.15) is 16.3 Å². The van der Waals surface area contributed by atoms with E-state index >= 15 is 0 Å². The molecule has 2 rings (SSSR count). The fourth-order valence-corrected chi connectivity index (χ4v) is 2.16. The van der Waals surface area contributed by atoms with Crippen LogP contribution in [0.3, 0.4) is 0 Å². The predicted molar refractivity (Wildman–Crippen MR) is 65.7 cm³/mol. The van der Waals surface area contributed by atoms with E-state index in [0.717, 1.165) is 6.42 Å². The molecule has 0 aliphatic carbocycles. The zero-order chi connectivity index (χ0) is 12.3. The summed E-state index contributed by atoms with van der Waals surface area (Å²) in [5.41, 5.74) is 6.53. The minimum atomic E-state index is -0.295. The maximum Gasteiger partial charge on any atom is 0.288 e. The first-order valence-corrected chi connectivity index (χ1v) is 6.09. The monoisotopic (exact) mass is 251 g/mol. The number of aromatic nitrogens is 3. The SMILES string of the molecule is CC(Cc1ccsc1)NC(=O)c1nc(N)n[nH]1. The summed E-state index contributed by atoms with van der Waals surface area (Å²) in [7, 11) is 0. The molecule has 0 aromatic carbocycles. The minimum absolute atomic E-state index is 0.0309. The molecule has 0 aliphatic heterocycles. The largest absolute Gasteiger partial charge is 0.366 e. The molecular weight excluding hydrogens is 238 g/mol. The number of carbonyl (C=O) groups is 1. The van der Waals surface area contributed by atoms with Crippen LogP contribution in [-0.2, 0) is 6.42 Å². The van der Waals surface area contributed by atoms with E-state index in [1.54, 1.807) is 11.3 Å². The van der Waals surface area contributed by atoms with Crippen LogP contribution in [0.15, 0.2) is 16.8 Å². The van der Waals surface area contributed by atoms with E-state index in [0.29, 0.717) is 0 Å². The van der Waals surface area contributed by atoms with Gasteiger partial charge in [-0.3, -0.25) is 9.89 Å². The molecule has 0 radical (unpaired) electrons. The third kappa shape index (κ3) is 3.04. The van der Waals surface area contributed by atoms with Crippen molar-refractivity contribution in [2.45, 2.75) is 19.4 Å². The third-order valence-electron chi connectivity index (χ3n) is 2.22. The van der Waals surface area contributed by atoms with Gasteiger partial charge in [-0.25, -0.2) is 0 Å². The maximum atomic E-state index is 11.7. The molecule has 90 valence electrons. The summed E-state index contributed by atoms with van der Waals surface area (Å²) in [4.78, 5) is 15.5. The number of H-pyrrole nitrogens is 1. The predicted octanol–water partition coefficient (Wildman–Crippen LogP) is 0.809. The van der Waals surface area contributed by atoms with E-state index < -0.39 is 0 Å². The summed E-state index contributed by atoms with van der Waals surface area (Å²) in [6, 6.07) is 2.07. The van der Waals surface area contributed by atoms with Crippen molar-refractivity contribution in [2.75, 3.05) is 5.73 Å².